The summed E-state index contributed by atoms with van der Waals surface area (Å²) in [5, 5.41) is 35.4. The zero-order valence-electron chi connectivity index (χ0n) is 17.5. The first-order valence-electron chi connectivity index (χ1n) is 10.3. The molecule has 5 atom stereocenters. The number of ether oxygens (including phenoxy) is 2. The first-order chi connectivity index (χ1) is 14.9. The fourth-order valence-corrected chi connectivity index (χ4v) is 3.66. The Balaban J connectivity index is 1.81. The van der Waals surface area contributed by atoms with Gasteiger partial charge in [-0.1, -0.05) is 41.0 Å². The molecule has 0 radical (unpaired) electrons. The predicted octanol–water partition coefficient (Wildman–Crippen LogP) is 2.87. The number of benzene rings is 2. The van der Waals surface area contributed by atoms with Gasteiger partial charge in [0.15, 0.2) is 0 Å². The van der Waals surface area contributed by atoms with Crippen molar-refractivity contribution in [2.24, 2.45) is 5.16 Å². The Morgan fingerprint density at radius 3 is 2.42 bits per heavy atom. The molecule has 31 heavy (non-hydrogen) atoms. The maximum atomic E-state index is 10.5. The van der Waals surface area contributed by atoms with E-state index in [0.717, 1.165) is 16.9 Å². The van der Waals surface area contributed by atoms with Crippen LogP contribution in [0.15, 0.2) is 47.6 Å². The minimum atomic E-state index is -1.40. The normalized spacial score (nSPS) is 26.2. The molecule has 0 bridgehead atoms. The number of halogens is 1. The maximum Gasteiger partial charge on any atom is 0.125 e. The molecule has 1 aliphatic rings. The van der Waals surface area contributed by atoms with Crippen LogP contribution in [0.2, 0.25) is 5.02 Å². The molecule has 0 aromatic heterocycles. The minimum absolute atomic E-state index is 0.361. The van der Waals surface area contributed by atoms with Crippen LogP contribution in [-0.4, -0.2) is 59.2 Å². The first kappa shape index (κ1) is 23.5. The number of aliphatic hydroxyl groups excluding tert-OH is 3. The third-order valence-electron chi connectivity index (χ3n) is 5.09. The molecular formula is C23H28ClNO6. The van der Waals surface area contributed by atoms with Crippen molar-refractivity contribution in [2.45, 2.75) is 50.8 Å². The highest BCUT2D eigenvalue weighted by molar-refractivity contribution is 6.31. The third kappa shape index (κ3) is 5.75. The molecule has 168 valence electrons. The summed E-state index contributed by atoms with van der Waals surface area (Å²) in [4.78, 5) is 4.92. The van der Waals surface area contributed by atoms with Gasteiger partial charge in [0.2, 0.25) is 0 Å². The Morgan fingerprint density at radius 1 is 1.00 bits per heavy atom. The molecule has 0 amide bonds. The van der Waals surface area contributed by atoms with Crippen LogP contribution in [0, 0.1) is 0 Å². The Hall–Kier alpha value is -2.16. The van der Waals surface area contributed by atoms with Gasteiger partial charge in [0, 0.05) is 5.02 Å². The van der Waals surface area contributed by atoms with Crippen molar-refractivity contribution in [3.63, 3.8) is 0 Å². The van der Waals surface area contributed by atoms with E-state index in [-0.39, 0.29) is 0 Å². The minimum Gasteiger partial charge on any atom is -0.494 e. The summed E-state index contributed by atoms with van der Waals surface area (Å²) < 4.78 is 11.3. The van der Waals surface area contributed by atoms with Crippen molar-refractivity contribution >= 4 is 17.8 Å². The van der Waals surface area contributed by atoms with Crippen LogP contribution < -0.4 is 4.74 Å². The van der Waals surface area contributed by atoms with Gasteiger partial charge in [-0.25, -0.2) is 0 Å². The smallest absolute Gasteiger partial charge is 0.125 e. The molecule has 0 spiro atoms. The number of rotatable bonds is 8. The number of hydrogen-bond acceptors (Lipinski definition) is 7. The average molecular weight is 450 g/mol. The fraction of sp³-hybridized carbons (Fsp3) is 0.435. The molecule has 8 heteroatoms. The largest absolute Gasteiger partial charge is 0.494 e. The fourth-order valence-electron chi connectivity index (χ4n) is 3.48. The second kappa shape index (κ2) is 10.9. The van der Waals surface area contributed by atoms with Crippen LogP contribution in [0.4, 0.5) is 0 Å². The van der Waals surface area contributed by atoms with E-state index in [1.165, 1.54) is 6.21 Å². The Labute approximate surface area is 186 Å². The van der Waals surface area contributed by atoms with E-state index in [1.54, 1.807) is 19.1 Å². The lowest BCUT2D eigenvalue weighted by Gasteiger charge is -2.39. The van der Waals surface area contributed by atoms with Crippen LogP contribution in [0.5, 0.6) is 5.75 Å². The maximum absolute atomic E-state index is 10.5. The van der Waals surface area contributed by atoms with Gasteiger partial charge in [-0.3, -0.25) is 0 Å². The SMILES string of the molecule is CCO/N=C/[C@H]1O[C@@H](c2ccc(Cl)c(Cc3ccc(OCC)cc3)c2)[C@H](O)[C@@H](O)[C@@H]1O. The lowest BCUT2D eigenvalue weighted by molar-refractivity contribution is -0.205. The molecule has 2 aromatic rings. The predicted molar refractivity (Wildman–Crippen MR) is 118 cm³/mol. The second-order valence-corrected chi connectivity index (χ2v) is 7.68. The number of hydrogen-bond donors (Lipinski definition) is 3. The molecule has 0 unspecified atom stereocenters. The Morgan fingerprint density at radius 2 is 1.74 bits per heavy atom. The molecule has 2 aromatic carbocycles. The first-order valence-corrected chi connectivity index (χ1v) is 10.7. The summed E-state index contributed by atoms with van der Waals surface area (Å²) in [6.07, 6.45) is -3.98. The van der Waals surface area contributed by atoms with E-state index in [2.05, 4.69) is 5.16 Å². The highest BCUT2D eigenvalue weighted by atomic mass is 35.5. The number of nitrogens with zero attached hydrogens (tertiary/aromatic N) is 1. The van der Waals surface area contributed by atoms with E-state index in [1.807, 2.05) is 37.3 Å². The van der Waals surface area contributed by atoms with Crippen molar-refractivity contribution in [1.82, 2.24) is 0 Å². The monoisotopic (exact) mass is 449 g/mol. The van der Waals surface area contributed by atoms with E-state index in [0.29, 0.717) is 30.2 Å². The molecule has 0 saturated carbocycles. The zero-order chi connectivity index (χ0) is 22.4. The van der Waals surface area contributed by atoms with Crippen LogP contribution in [0.3, 0.4) is 0 Å². The zero-order valence-corrected chi connectivity index (χ0v) is 18.3. The highest BCUT2D eigenvalue weighted by Crippen LogP contribution is 2.34. The Kier molecular flexibility index (Phi) is 8.28. The van der Waals surface area contributed by atoms with Crippen molar-refractivity contribution < 1.29 is 29.6 Å². The van der Waals surface area contributed by atoms with Gasteiger partial charge >= 0.3 is 0 Å². The van der Waals surface area contributed by atoms with Gasteiger partial charge in [-0.2, -0.15) is 0 Å². The van der Waals surface area contributed by atoms with Gasteiger partial charge < -0.3 is 29.6 Å². The summed E-state index contributed by atoms with van der Waals surface area (Å²) >= 11 is 6.41. The quantitative estimate of drug-likeness (QED) is 0.423. The lowest BCUT2D eigenvalue weighted by atomic mass is 9.90. The molecule has 1 aliphatic heterocycles. The molecule has 7 nitrogen and oxygen atoms in total. The summed E-state index contributed by atoms with van der Waals surface area (Å²) in [5.41, 5.74) is 2.53. The van der Waals surface area contributed by atoms with Crippen molar-refractivity contribution in [3.05, 3.63) is 64.2 Å². The third-order valence-corrected chi connectivity index (χ3v) is 5.46. The lowest BCUT2D eigenvalue weighted by Crippen LogP contribution is -2.54. The number of oxime groups is 1. The van der Waals surface area contributed by atoms with Gasteiger partial charge in [0.05, 0.1) is 12.8 Å². The van der Waals surface area contributed by atoms with Gasteiger partial charge in [0.1, 0.15) is 42.9 Å². The summed E-state index contributed by atoms with van der Waals surface area (Å²) in [6, 6.07) is 13.1. The molecule has 3 N–H and O–H groups in total. The van der Waals surface area contributed by atoms with Crippen molar-refractivity contribution in [3.8, 4) is 5.75 Å². The molecule has 1 saturated heterocycles. The van der Waals surface area contributed by atoms with Crippen LogP contribution in [0.1, 0.15) is 36.6 Å². The highest BCUT2D eigenvalue weighted by Gasteiger charge is 2.43. The average Bonchev–Trinajstić information content (AvgIpc) is 2.77. The van der Waals surface area contributed by atoms with E-state index >= 15 is 0 Å². The van der Waals surface area contributed by atoms with Crippen molar-refractivity contribution in [1.29, 1.82) is 0 Å². The van der Waals surface area contributed by atoms with E-state index in [9.17, 15) is 15.3 Å². The van der Waals surface area contributed by atoms with E-state index in [4.69, 9.17) is 25.9 Å². The molecule has 1 fully saturated rings. The van der Waals surface area contributed by atoms with Gasteiger partial charge in [-0.15, -0.1) is 0 Å². The molecular weight excluding hydrogens is 422 g/mol. The Bertz CT molecular complexity index is 875. The standard InChI is InChI=1S/C23H28ClNO6/c1-3-29-17-8-5-14(6-9-17)11-16-12-15(7-10-18(16)24)23-22(28)21(27)20(26)19(31-23)13-25-30-4-2/h5-10,12-13,19-23,26-28H,3-4,11H2,1-2H3/b25-13+/t19-,20-,21+,22-,23+/m1/s1. The topological polar surface area (TPSA) is 101 Å². The molecule has 0 aliphatic carbocycles. The van der Waals surface area contributed by atoms with Gasteiger partial charge in [-0.05, 0) is 55.2 Å². The van der Waals surface area contributed by atoms with Crippen LogP contribution >= 0.6 is 11.6 Å². The second-order valence-electron chi connectivity index (χ2n) is 7.27. The molecule has 1 heterocycles. The van der Waals surface area contributed by atoms with Gasteiger partial charge in [0.25, 0.3) is 0 Å². The summed E-state index contributed by atoms with van der Waals surface area (Å²) in [7, 11) is 0. The van der Waals surface area contributed by atoms with Crippen LogP contribution in [-0.2, 0) is 16.0 Å². The van der Waals surface area contributed by atoms with Crippen molar-refractivity contribution in [2.75, 3.05) is 13.2 Å². The van der Waals surface area contributed by atoms with Crippen LogP contribution in [0.25, 0.3) is 0 Å². The summed E-state index contributed by atoms with van der Waals surface area (Å²) in [5.74, 6) is 0.803. The van der Waals surface area contributed by atoms with E-state index < -0.39 is 30.5 Å². The number of aliphatic hydroxyl groups is 3. The molecule has 3 rings (SSSR count). The summed E-state index contributed by atoms with van der Waals surface area (Å²) in [6.45, 7) is 4.67.